The van der Waals surface area contributed by atoms with Gasteiger partial charge >= 0.3 is 0 Å². The highest BCUT2D eigenvalue weighted by molar-refractivity contribution is 7.09. The molecule has 5 nitrogen and oxygen atoms in total. The Labute approximate surface area is 122 Å². The number of nitrogens with zero attached hydrogens (tertiary/aromatic N) is 4. The predicted octanol–water partition coefficient (Wildman–Crippen LogP) is 2.85. The van der Waals surface area contributed by atoms with Gasteiger partial charge in [-0.05, 0) is 25.3 Å². The van der Waals surface area contributed by atoms with Crippen molar-refractivity contribution in [2.75, 3.05) is 5.32 Å². The third-order valence-electron chi connectivity index (χ3n) is 3.06. The van der Waals surface area contributed by atoms with Crippen molar-refractivity contribution >= 4 is 17.2 Å². The fourth-order valence-corrected chi connectivity index (χ4v) is 2.69. The van der Waals surface area contributed by atoms with Crippen molar-refractivity contribution < 1.29 is 0 Å². The Morgan fingerprint density at radius 1 is 1.30 bits per heavy atom. The van der Waals surface area contributed by atoms with Gasteiger partial charge in [-0.1, -0.05) is 13.8 Å². The monoisotopic (exact) mass is 287 g/mol. The summed E-state index contributed by atoms with van der Waals surface area (Å²) in [7, 11) is 0. The van der Waals surface area contributed by atoms with Crippen LogP contribution in [0.3, 0.4) is 0 Å². The molecule has 0 spiro atoms. The third-order valence-corrected chi connectivity index (χ3v) is 3.88. The van der Waals surface area contributed by atoms with Gasteiger partial charge in [-0.2, -0.15) is 10.4 Å². The van der Waals surface area contributed by atoms with Gasteiger partial charge in [0, 0.05) is 5.38 Å². The zero-order chi connectivity index (χ0) is 14.5. The van der Waals surface area contributed by atoms with Gasteiger partial charge in [-0.15, -0.1) is 16.4 Å². The quantitative estimate of drug-likeness (QED) is 0.915. The minimum atomic E-state index is 0.548. The minimum Gasteiger partial charge on any atom is -0.362 e. The molecule has 0 radical (unpaired) electrons. The molecule has 2 heterocycles. The number of thiazole rings is 1. The first-order chi connectivity index (χ1) is 9.69. The lowest BCUT2D eigenvalue weighted by Gasteiger charge is -2.11. The maximum atomic E-state index is 9.38. The molecule has 2 aromatic heterocycles. The third kappa shape index (κ3) is 2.94. The summed E-state index contributed by atoms with van der Waals surface area (Å²) >= 11 is 1.61. The lowest BCUT2D eigenvalue weighted by atomic mass is 10.0. The van der Waals surface area contributed by atoms with E-state index in [2.05, 4.69) is 26.6 Å². The summed E-state index contributed by atoms with van der Waals surface area (Å²) in [6.45, 7) is 6.59. The van der Waals surface area contributed by atoms with Gasteiger partial charge in [0.15, 0.2) is 5.82 Å². The van der Waals surface area contributed by atoms with Crippen molar-refractivity contribution in [1.29, 1.82) is 5.26 Å². The second kappa shape index (κ2) is 6.44. The Bertz CT molecular complexity index is 641. The SMILES string of the molecule is CCc1nnc(NCc2csc(C)n2)c(C#N)c1CC. The molecule has 0 bridgehead atoms. The molecule has 0 saturated heterocycles. The van der Waals surface area contributed by atoms with E-state index in [-0.39, 0.29) is 0 Å². The summed E-state index contributed by atoms with van der Waals surface area (Å²) < 4.78 is 0. The fourth-order valence-electron chi connectivity index (χ4n) is 2.08. The summed E-state index contributed by atoms with van der Waals surface area (Å²) in [6, 6.07) is 2.25. The molecule has 0 aliphatic heterocycles. The van der Waals surface area contributed by atoms with Crippen LogP contribution in [-0.4, -0.2) is 15.2 Å². The van der Waals surface area contributed by atoms with Crippen molar-refractivity contribution in [2.45, 2.75) is 40.2 Å². The van der Waals surface area contributed by atoms with E-state index in [4.69, 9.17) is 0 Å². The molecule has 1 N–H and O–H groups in total. The number of rotatable bonds is 5. The largest absolute Gasteiger partial charge is 0.362 e. The van der Waals surface area contributed by atoms with Gasteiger partial charge in [0.05, 0.1) is 22.9 Å². The molecule has 0 amide bonds. The number of hydrogen-bond acceptors (Lipinski definition) is 6. The Hall–Kier alpha value is -2.00. The first-order valence-corrected chi connectivity index (χ1v) is 7.50. The molecule has 2 aromatic rings. The Morgan fingerprint density at radius 3 is 2.65 bits per heavy atom. The molecule has 0 unspecified atom stereocenters. The standard InChI is InChI=1S/C14H17N5S/c1-4-11-12(6-15)14(19-18-13(11)5-2)16-7-10-8-20-9(3)17-10/h8H,4-5,7H2,1-3H3,(H,16,19). The molecule has 0 aliphatic carbocycles. The van der Waals surface area contributed by atoms with Crippen LogP contribution in [0.4, 0.5) is 5.82 Å². The number of aryl methyl sites for hydroxylation is 2. The molecule has 0 atom stereocenters. The maximum Gasteiger partial charge on any atom is 0.167 e. The zero-order valence-corrected chi connectivity index (χ0v) is 12.7. The van der Waals surface area contributed by atoms with E-state index in [1.807, 2.05) is 26.2 Å². The molecule has 0 saturated carbocycles. The van der Waals surface area contributed by atoms with Gasteiger partial charge < -0.3 is 5.32 Å². The number of aromatic nitrogens is 3. The van der Waals surface area contributed by atoms with Crippen LogP contribution in [0.25, 0.3) is 0 Å². The van der Waals surface area contributed by atoms with E-state index < -0.39 is 0 Å². The van der Waals surface area contributed by atoms with Gasteiger partial charge in [0.25, 0.3) is 0 Å². The van der Waals surface area contributed by atoms with Gasteiger partial charge in [-0.3, -0.25) is 0 Å². The van der Waals surface area contributed by atoms with Gasteiger partial charge in [-0.25, -0.2) is 4.98 Å². The van der Waals surface area contributed by atoms with E-state index in [1.165, 1.54) is 0 Å². The highest BCUT2D eigenvalue weighted by Gasteiger charge is 2.14. The van der Waals surface area contributed by atoms with E-state index in [1.54, 1.807) is 11.3 Å². The number of nitriles is 1. The van der Waals surface area contributed by atoms with Gasteiger partial charge in [0.2, 0.25) is 0 Å². The second-order valence-electron chi connectivity index (χ2n) is 4.38. The van der Waals surface area contributed by atoms with Crippen molar-refractivity contribution in [2.24, 2.45) is 0 Å². The summed E-state index contributed by atoms with van der Waals surface area (Å²) in [5.41, 5.74) is 3.45. The number of nitrogens with one attached hydrogen (secondary N) is 1. The Morgan fingerprint density at radius 2 is 2.10 bits per heavy atom. The molecular formula is C14H17N5S. The fraction of sp³-hybridized carbons (Fsp3) is 0.429. The van der Waals surface area contributed by atoms with Crippen LogP contribution < -0.4 is 5.32 Å². The first-order valence-electron chi connectivity index (χ1n) is 6.62. The molecule has 2 rings (SSSR count). The number of anilines is 1. The summed E-state index contributed by atoms with van der Waals surface area (Å²) in [5, 5.41) is 23.9. The van der Waals surface area contributed by atoms with E-state index in [0.717, 1.165) is 34.8 Å². The molecule has 0 aliphatic rings. The normalized spacial score (nSPS) is 10.3. The van der Waals surface area contributed by atoms with Crippen LogP contribution in [-0.2, 0) is 19.4 Å². The van der Waals surface area contributed by atoms with Crippen LogP contribution >= 0.6 is 11.3 Å². The molecule has 20 heavy (non-hydrogen) atoms. The molecular weight excluding hydrogens is 270 g/mol. The molecule has 104 valence electrons. The van der Waals surface area contributed by atoms with Gasteiger partial charge in [0.1, 0.15) is 11.6 Å². The van der Waals surface area contributed by atoms with Crippen LogP contribution in [0.1, 0.15) is 41.4 Å². The van der Waals surface area contributed by atoms with Crippen molar-refractivity contribution in [3.8, 4) is 6.07 Å². The van der Waals surface area contributed by atoms with E-state index in [0.29, 0.717) is 17.9 Å². The highest BCUT2D eigenvalue weighted by atomic mass is 32.1. The average Bonchev–Trinajstić information content (AvgIpc) is 2.89. The second-order valence-corrected chi connectivity index (χ2v) is 5.44. The smallest absolute Gasteiger partial charge is 0.167 e. The lowest BCUT2D eigenvalue weighted by Crippen LogP contribution is -2.10. The average molecular weight is 287 g/mol. The Kier molecular flexibility index (Phi) is 4.64. The first kappa shape index (κ1) is 14.4. The molecule has 0 aromatic carbocycles. The van der Waals surface area contributed by atoms with E-state index >= 15 is 0 Å². The summed E-state index contributed by atoms with van der Waals surface area (Å²) in [4.78, 5) is 4.38. The van der Waals surface area contributed by atoms with E-state index in [9.17, 15) is 5.26 Å². The Balaban J connectivity index is 2.25. The van der Waals surface area contributed by atoms with Crippen LogP contribution in [0.2, 0.25) is 0 Å². The topological polar surface area (TPSA) is 74.5 Å². The predicted molar refractivity (Wildman–Crippen MR) is 79.7 cm³/mol. The lowest BCUT2D eigenvalue weighted by molar-refractivity contribution is 0.867. The minimum absolute atomic E-state index is 0.548. The zero-order valence-electron chi connectivity index (χ0n) is 11.9. The van der Waals surface area contributed by atoms with Crippen molar-refractivity contribution in [3.63, 3.8) is 0 Å². The van der Waals surface area contributed by atoms with Crippen LogP contribution in [0, 0.1) is 18.3 Å². The van der Waals surface area contributed by atoms with Crippen LogP contribution in [0.15, 0.2) is 5.38 Å². The summed E-state index contributed by atoms with van der Waals surface area (Å²) in [5.74, 6) is 0.548. The van der Waals surface area contributed by atoms with Crippen LogP contribution in [0.5, 0.6) is 0 Å². The summed E-state index contributed by atoms with van der Waals surface area (Å²) in [6.07, 6.45) is 1.57. The highest BCUT2D eigenvalue weighted by Crippen LogP contribution is 2.20. The molecule has 6 heteroatoms. The van der Waals surface area contributed by atoms with Crippen molar-refractivity contribution in [3.05, 3.63) is 32.9 Å². The number of hydrogen-bond donors (Lipinski definition) is 1. The molecule has 0 fully saturated rings. The van der Waals surface area contributed by atoms with Crippen molar-refractivity contribution in [1.82, 2.24) is 15.2 Å². The maximum absolute atomic E-state index is 9.38.